The van der Waals surface area contributed by atoms with E-state index in [1.807, 2.05) is 19.1 Å². The average Bonchev–Trinajstić information content (AvgIpc) is 3.69. The maximum absolute atomic E-state index is 13.3. The molecule has 0 saturated heterocycles. The number of rotatable bonds is 20. The molecule has 0 saturated carbocycles. The number of aromatic nitrogens is 1. The fourth-order valence-electron chi connectivity index (χ4n) is 6.89. The van der Waals surface area contributed by atoms with Crippen molar-refractivity contribution in [1.29, 1.82) is 0 Å². The zero-order chi connectivity index (χ0) is 42.1. The molecule has 16 heteroatoms. The number of benzene rings is 3. The number of fused-ring (bicyclic) bond motifs is 4. The number of ether oxygens (including phenoxy) is 3. The third-order valence-electron chi connectivity index (χ3n) is 9.86. The minimum absolute atomic E-state index is 0.0715. The highest BCUT2D eigenvalue weighted by Crippen LogP contribution is 2.32. The Balaban J connectivity index is 0.898. The van der Waals surface area contributed by atoms with Gasteiger partial charge in [0.25, 0.3) is 17.7 Å². The number of ketones is 1. The van der Waals surface area contributed by atoms with Crippen molar-refractivity contribution < 1.29 is 51.4 Å². The van der Waals surface area contributed by atoms with Crippen LogP contribution in [0, 0.1) is 0 Å². The van der Waals surface area contributed by atoms with Gasteiger partial charge in [-0.2, -0.15) is 13.2 Å². The van der Waals surface area contributed by atoms with E-state index in [0.717, 1.165) is 33.3 Å². The molecule has 6 rings (SSSR count). The molecule has 13 nitrogen and oxygen atoms in total. The van der Waals surface area contributed by atoms with Crippen LogP contribution in [0.2, 0.25) is 0 Å². The number of imide groups is 1. The van der Waals surface area contributed by atoms with E-state index < -0.39 is 29.6 Å². The van der Waals surface area contributed by atoms with Crippen LogP contribution in [0.4, 0.5) is 18.9 Å². The highest BCUT2D eigenvalue weighted by molar-refractivity contribution is 6.24. The number of hydrogen-bond acceptors (Lipinski definition) is 10. The van der Waals surface area contributed by atoms with E-state index in [1.165, 1.54) is 25.1 Å². The maximum atomic E-state index is 13.3. The predicted octanol–water partition coefficient (Wildman–Crippen LogP) is 4.78. The Labute approximate surface area is 337 Å². The fraction of sp³-hybridized carbons (Fsp3) is 0.349. The molecule has 2 aliphatic heterocycles. The first kappa shape index (κ1) is 42.6. The van der Waals surface area contributed by atoms with Gasteiger partial charge in [0.1, 0.15) is 17.6 Å². The number of allylic oxidation sites excluding steroid dienone is 2. The third-order valence-corrected chi connectivity index (χ3v) is 9.86. The van der Waals surface area contributed by atoms with Gasteiger partial charge < -0.3 is 34.4 Å². The number of aldehydes is 1. The first-order valence-electron chi connectivity index (χ1n) is 19.2. The second-order valence-corrected chi connectivity index (χ2v) is 13.8. The summed E-state index contributed by atoms with van der Waals surface area (Å²) in [7, 11) is 0. The Hall–Kier alpha value is -5.97. The van der Waals surface area contributed by atoms with Gasteiger partial charge in [-0.05, 0) is 74.9 Å². The lowest BCUT2D eigenvalue weighted by Crippen LogP contribution is -2.41. The Bertz CT molecular complexity index is 2390. The van der Waals surface area contributed by atoms with Gasteiger partial charge in [-0.25, -0.2) is 4.99 Å². The van der Waals surface area contributed by atoms with E-state index in [0.29, 0.717) is 73.6 Å². The van der Waals surface area contributed by atoms with Crippen LogP contribution < -0.4 is 21.3 Å². The number of amides is 3. The van der Waals surface area contributed by atoms with E-state index in [9.17, 15) is 37.1 Å². The SMILES string of the molecule is C/C=C1/CC=c2c(n(-c3ccc(C(F)(F)F)cc3)c3ccc(C(=O)NCCOCCOCCOCCNc4cccc5c4C(=O)N(C(C=O)CCC(C)=O)C5=O)cc23)=N1. The van der Waals surface area contributed by atoms with Crippen LogP contribution in [-0.4, -0.2) is 98.0 Å². The van der Waals surface area contributed by atoms with Crippen LogP contribution in [0.15, 0.2) is 77.4 Å². The molecule has 3 aromatic carbocycles. The number of Topliss-reactive ketones (excluding diaryl/α,β-unsaturated/α-hetero) is 1. The van der Waals surface area contributed by atoms with E-state index in [4.69, 9.17) is 19.2 Å². The summed E-state index contributed by atoms with van der Waals surface area (Å²) in [6.45, 7) is 5.60. The van der Waals surface area contributed by atoms with Gasteiger partial charge in [-0.3, -0.25) is 23.9 Å². The topological polar surface area (TPSA) is 158 Å². The molecule has 4 aromatic rings. The number of alkyl halides is 3. The van der Waals surface area contributed by atoms with Crippen molar-refractivity contribution in [3.63, 3.8) is 0 Å². The molecule has 0 fully saturated rings. The molecule has 0 aliphatic carbocycles. The highest BCUT2D eigenvalue weighted by atomic mass is 19.4. The zero-order valence-electron chi connectivity index (χ0n) is 32.6. The molecule has 0 spiro atoms. The number of hydrogen-bond donors (Lipinski definition) is 2. The van der Waals surface area contributed by atoms with Gasteiger partial charge in [-0.1, -0.05) is 18.2 Å². The number of carbonyl (C=O) groups excluding carboxylic acids is 5. The summed E-state index contributed by atoms with van der Waals surface area (Å²) in [4.78, 5) is 68.0. The summed E-state index contributed by atoms with van der Waals surface area (Å²) < 4.78 is 58.3. The van der Waals surface area contributed by atoms with Crippen LogP contribution in [0.25, 0.3) is 22.7 Å². The molecule has 2 N–H and O–H groups in total. The molecule has 1 aromatic heterocycles. The van der Waals surface area contributed by atoms with Gasteiger partial charge in [0.2, 0.25) is 0 Å². The summed E-state index contributed by atoms with van der Waals surface area (Å²) in [5, 5.41) is 7.52. The molecular formula is C43H44F3N5O8. The minimum Gasteiger partial charge on any atom is -0.382 e. The Morgan fingerprint density at radius 1 is 0.915 bits per heavy atom. The first-order valence-corrected chi connectivity index (χ1v) is 19.2. The van der Waals surface area contributed by atoms with Crippen molar-refractivity contribution in [1.82, 2.24) is 14.8 Å². The van der Waals surface area contributed by atoms with Crippen molar-refractivity contribution in [2.24, 2.45) is 4.99 Å². The smallest absolute Gasteiger partial charge is 0.382 e. The third kappa shape index (κ3) is 9.84. The number of anilines is 1. The molecule has 0 bridgehead atoms. The van der Waals surface area contributed by atoms with Crippen molar-refractivity contribution in [3.05, 3.63) is 105 Å². The Morgan fingerprint density at radius 2 is 1.61 bits per heavy atom. The molecule has 310 valence electrons. The van der Waals surface area contributed by atoms with Crippen LogP contribution in [0.1, 0.15) is 69.7 Å². The quantitative estimate of drug-likeness (QED) is 0.0728. The van der Waals surface area contributed by atoms with Gasteiger partial charge in [0.05, 0.1) is 67.9 Å². The largest absolute Gasteiger partial charge is 0.416 e. The summed E-state index contributed by atoms with van der Waals surface area (Å²) in [5.74, 6) is -1.60. The van der Waals surface area contributed by atoms with Gasteiger partial charge in [-0.15, -0.1) is 0 Å². The summed E-state index contributed by atoms with van der Waals surface area (Å²) in [6.07, 6.45) is 0.689. The van der Waals surface area contributed by atoms with Gasteiger partial charge >= 0.3 is 6.18 Å². The molecule has 1 unspecified atom stereocenters. The second kappa shape index (κ2) is 19.2. The minimum atomic E-state index is -4.46. The van der Waals surface area contributed by atoms with E-state index in [-0.39, 0.29) is 55.4 Å². The molecule has 0 radical (unpaired) electrons. The summed E-state index contributed by atoms with van der Waals surface area (Å²) >= 11 is 0. The fourth-order valence-corrected chi connectivity index (χ4v) is 6.89. The molecular weight excluding hydrogens is 771 g/mol. The van der Waals surface area contributed by atoms with E-state index in [2.05, 4.69) is 10.6 Å². The van der Waals surface area contributed by atoms with E-state index in [1.54, 1.807) is 34.9 Å². The van der Waals surface area contributed by atoms with Gasteiger partial charge in [0, 0.05) is 59.2 Å². The standard InChI is InChI=1S/C43H44F3N5O8/c1-3-30-11-15-33-35-25-28(8-16-37(35)50(39(33)49-30)31-13-9-29(10-14-31)43(44,45)46)40(54)48-18-20-58-22-24-59-23-21-57-19-17-47-36-6-4-5-34-38(36)42(56)51(41(34)55)32(26-52)12-7-27(2)53/h3-6,8-10,13-16,25-26,32,47H,7,11-12,17-24H2,1-2H3,(H,48,54)/b30-3-. The van der Waals surface area contributed by atoms with Crippen LogP contribution >= 0.6 is 0 Å². The molecule has 3 amide bonds. The Morgan fingerprint density at radius 3 is 2.27 bits per heavy atom. The predicted molar refractivity (Wildman–Crippen MR) is 212 cm³/mol. The molecule has 59 heavy (non-hydrogen) atoms. The van der Waals surface area contributed by atoms with E-state index >= 15 is 0 Å². The summed E-state index contributed by atoms with van der Waals surface area (Å²) in [5.41, 5.74) is 3.14. The number of nitrogens with zero attached hydrogens (tertiary/aromatic N) is 3. The number of carbonyl (C=O) groups is 5. The molecule has 1 atom stereocenters. The van der Waals surface area contributed by atoms with Crippen molar-refractivity contribution in [2.75, 3.05) is 58.0 Å². The summed E-state index contributed by atoms with van der Waals surface area (Å²) in [6, 6.07) is 13.9. The van der Waals surface area contributed by atoms with Crippen LogP contribution in [0.5, 0.6) is 0 Å². The zero-order valence-corrected chi connectivity index (χ0v) is 32.6. The molecule has 2 aliphatic rings. The average molecular weight is 816 g/mol. The number of nitrogens with one attached hydrogen (secondary N) is 2. The monoisotopic (exact) mass is 815 g/mol. The Kier molecular flexibility index (Phi) is 13.9. The molecule has 3 heterocycles. The normalized spacial score (nSPS) is 14.8. The van der Waals surface area contributed by atoms with Gasteiger partial charge in [0.15, 0.2) is 0 Å². The lowest BCUT2D eigenvalue weighted by atomic mass is 10.1. The second-order valence-electron chi connectivity index (χ2n) is 13.8. The van der Waals surface area contributed by atoms with Crippen molar-refractivity contribution >= 4 is 52.5 Å². The maximum Gasteiger partial charge on any atom is 0.416 e. The highest BCUT2D eigenvalue weighted by Gasteiger charge is 2.41. The van der Waals surface area contributed by atoms with Crippen molar-refractivity contribution in [2.45, 2.75) is 45.3 Å². The number of halogens is 3. The lowest BCUT2D eigenvalue weighted by molar-refractivity contribution is -0.137. The lowest BCUT2D eigenvalue weighted by Gasteiger charge is -2.20. The van der Waals surface area contributed by atoms with Crippen molar-refractivity contribution in [3.8, 4) is 5.69 Å². The van der Waals surface area contributed by atoms with Crippen LogP contribution in [-0.2, 0) is 30.0 Å². The first-order chi connectivity index (χ1) is 28.4. The van der Waals surface area contributed by atoms with Crippen LogP contribution in [0.3, 0.4) is 0 Å².